The molecule has 9 heteroatoms. The van der Waals surface area contributed by atoms with Gasteiger partial charge in [0.25, 0.3) is 0 Å². The van der Waals surface area contributed by atoms with Gasteiger partial charge in [-0.3, -0.25) is 4.79 Å². The Balaban J connectivity index is 0.00000684. The molecule has 3 aromatic rings. The van der Waals surface area contributed by atoms with Crippen LogP contribution in [0, 0.1) is 89.4 Å². The maximum atomic E-state index is 13.4. The standard InChI is InChI=1S/C59H81N2O6.U/c1-41(2)17-16-18-42(3)51-30-31-52-50-29-26-47-37-49(32-34-57(47,4)53(50)33-35-58(51,52)5)67-56(64)60-36-15-9-14-23-55(63)61-38-43(54(62)39-61)40-66-59(44-19-10-7-11-20-44,45-21-12-8-13-22-45)46-24-27-48(65-6)28-25-46;/h7,10-13,19-22,24-28,41-43,49-54,62H,9,14-18,23,29-40H2,1-6H3,(H,60,64);/q-1;/t42?,43?,49-,50?,51+,52?,53?,54?,57-,58+,59?;/m0./s1. The third-order valence-corrected chi connectivity index (χ3v) is 17.9. The summed E-state index contributed by atoms with van der Waals surface area (Å²) in [5.74, 6) is 5.45. The van der Waals surface area contributed by atoms with Gasteiger partial charge in [0.2, 0.25) is 5.91 Å². The monoisotopic (exact) mass is 1150 g/mol. The van der Waals surface area contributed by atoms with E-state index in [4.69, 9.17) is 14.2 Å². The van der Waals surface area contributed by atoms with Gasteiger partial charge in [0, 0.05) is 69.5 Å². The minimum Gasteiger partial charge on any atom is -0.497 e. The number of nitrogens with zero attached hydrogens (tertiary/aromatic N) is 1. The van der Waals surface area contributed by atoms with Gasteiger partial charge in [-0.15, -0.1) is 5.56 Å². The number of allylic oxidation sites excluding steroid dienone is 1. The van der Waals surface area contributed by atoms with Crippen molar-refractivity contribution in [3.63, 3.8) is 0 Å². The molecule has 11 atom stereocenters. The third kappa shape index (κ3) is 11.3. The third-order valence-electron chi connectivity index (χ3n) is 17.9. The van der Waals surface area contributed by atoms with Gasteiger partial charge in [-0.1, -0.05) is 114 Å². The molecule has 1 saturated heterocycles. The van der Waals surface area contributed by atoms with E-state index in [0.717, 1.165) is 96.5 Å². The summed E-state index contributed by atoms with van der Waals surface area (Å²) in [6.45, 7) is 14.0. The minimum atomic E-state index is -0.960. The van der Waals surface area contributed by atoms with E-state index in [1.165, 1.54) is 51.4 Å². The number of alkyl carbamates (subject to hydrolysis) is 1. The first-order chi connectivity index (χ1) is 32.4. The Hall–Kier alpha value is -3.09. The number of unbranched alkanes of at least 4 members (excludes halogenated alkanes) is 2. The molecule has 2 N–H and O–H groups in total. The molecular formula is C59H81N2O6U-. The van der Waals surface area contributed by atoms with E-state index in [1.54, 1.807) is 17.6 Å². The molecule has 3 aromatic carbocycles. The Bertz CT molecular complexity index is 2070. The molecule has 0 aromatic heterocycles. The second-order valence-electron chi connectivity index (χ2n) is 22.3. The average Bonchev–Trinajstić information content (AvgIpc) is 3.90. The molecule has 4 aliphatic carbocycles. The number of carbonyl (C=O) groups is 2. The fourth-order valence-corrected chi connectivity index (χ4v) is 14.2. The molecule has 1 aliphatic heterocycles. The molecule has 1 heterocycles. The van der Waals surface area contributed by atoms with Crippen molar-refractivity contribution in [1.29, 1.82) is 0 Å². The summed E-state index contributed by atoms with van der Waals surface area (Å²) in [4.78, 5) is 28.3. The number of hydrogen-bond donors (Lipinski definition) is 2. The van der Waals surface area contributed by atoms with Crippen molar-refractivity contribution < 1.29 is 60.0 Å². The number of carbonyl (C=O) groups excluding carboxylic acids is 2. The zero-order valence-electron chi connectivity index (χ0n) is 42.1. The fourth-order valence-electron chi connectivity index (χ4n) is 14.2. The molecule has 0 radical (unpaired) electrons. The van der Waals surface area contributed by atoms with Crippen LogP contribution in [-0.4, -0.2) is 67.6 Å². The topological polar surface area (TPSA) is 97.3 Å². The zero-order valence-corrected chi connectivity index (χ0v) is 46.3. The van der Waals surface area contributed by atoms with Crippen LogP contribution in [0.15, 0.2) is 90.5 Å². The van der Waals surface area contributed by atoms with Gasteiger partial charge in [0.15, 0.2) is 0 Å². The smallest absolute Gasteiger partial charge is 0.407 e. The van der Waals surface area contributed by atoms with Crippen LogP contribution in [-0.2, 0) is 19.9 Å². The molecule has 7 unspecified atom stereocenters. The van der Waals surface area contributed by atoms with E-state index in [-0.39, 0.29) is 67.2 Å². The van der Waals surface area contributed by atoms with Crippen molar-refractivity contribution in [2.24, 2.45) is 52.3 Å². The van der Waals surface area contributed by atoms with Crippen molar-refractivity contribution in [3.8, 4) is 5.75 Å². The fraction of sp³-hybridized carbons (Fsp3) is 0.627. The molecule has 8 nitrogen and oxygen atoms in total. The van der Waals surface area contributed by atoms with E-state index in [2.05, 4.69) is 64.2 Å². The summed E-state index contributed by atoms with van der Waals surface area (Å²) >= 11 is 0. The van der Waals surface area contributed by atoms with Crippen LogP contribution in [0.3, 0.4) is 0 Å². The van der Waals surface area contributed by atoms with E-state index in [9.17, 15) is 14.7 Å². The van der Waals surface area contributed by atoms with Crippen molar-refractivity contribution in [1.82, 2.24) is 10.2 Å². The van der Waals surface area contributed by atoms with E-state index in [0.29, 0.717) is 31.5 Å². The molecule has 68 heavy (non-hydrogen) atoms. The number of likely N-dealkylation sites (tertiary alicyclic amines) is 1. The van der Waals surface area contributed by atoms with Crippen LogP contribution in [0.25, 0.3) is 0 Å². The molecule has 4 fully saturated rings. The quantitative estimate of drug-likeness (QED) is 0.0537. The molecule has 368 valence electrons. The van der Waals surface area contributed by atoms with E-state index < -0.39 is 11.7 Å². The number of aliphatic hydroxyl groups is 1. The molecule has 5 aliphatic rings. The predicted octanol–water partition coefficient (Wildman–Crippen LogP) is 12.3. The number of β-amino-alcohol motifs (C(OH)–C–C–N with tert-alkyl or cyclic N) is 1. The number of nitrogens with one attached hydrogen (secondary N) is 1. The Morgan fingerprint density at radius 1 is 0.853 bits per heavy atom. The van der Waals surface area contributed by atoms with Crippen molar-refractivity contribution in [3.05, 3.63) is 113 Å². The first kappa shape index (κ1) is 52.7. The Labute approximate surface area is 432 Å². The average molecular weight is 1150 g/mol. The Morgan fingerprint density at radius 3 is 2.32 bits per heavy atom. The van der Waals surface area contributed by atoms with Crippen LogP contribution in [0.2, 0.25) is 0 Å². The summed E-state index contributed by atoms with van der Waals surface area (Å²) < 4.78 is 18.6. The second-order valence-corrected chi connectivity index (χ2v) is 22.3. The maximum Gasteiger partial charge on any atom is 0.407 e. The Morgan fingerprint density at radius 2 is 1.59 bits per heavy atom. The summed E-state index contributed by atoms with van der Waals surface area (Å²) in [7, 11) is 1.65. The number of aliphatic hydroxyl groups excluding tert-OH is 1. The number of ether oxygens (including phenoxy) is 3. The second kappa shape index (κ2) is 23.4. The predicted molar refractivity (Wildman–Crippen MR) is 266 cm³/mol. The summed E-state index contributed by atoms with van der Waals surface area (Å²) in [5, 5.41) is 14.3. The number of amides is 2. The van der Waals surface area contributed by atoms with Gasteiger partial charge in [-0.05, 0) is 127 Å². The van der Waals surface area contributed by atoms with Crippen LogP contribution < -0.4 is 10.1 Å². The summed E-state index contributed by atoms with van der Waals surface area (Å²) in [6, 6.07) is 29.0. The molecule has 8 rings (SSSR count). The van der Waals surface area contributed by atoms with Crippen molar-refractivity contribution in [2.75, 3.05) is 33.4 Å². The molecule has 0 spiro atoms. The van der Waals surface area contributed by atoms with Crippen molar-refractivity contribution >= 4 is 12.0 Å². The number of rotatable bonds is 19. The van der Waals surface area contributed by atoms with Gasteiger partial charge < -0.3 is 29.5 Å². The molecule has 3 saturated carbocycles. The van der Waals surface area contributed by atoms with Crippen LogP contribution >= 0.6 is 0 Å². The summed E-state index contributed by atoms with van der Waals surface area (Å²) in [5.41, 5.74) is 4.16. The van der Waals surface area contributed by atoms with E-state index in [1.807, 2.05) is 66.7 Å². The SMILES string of the molecule is COc1ccc(C(OCC2CN(C(=O)CCCCCNC(=O)O[C@H]3CC[C@@]4(C)C(=CCC5C4CC[C@@]4(C)C5CC[C@@H]4C(C)CCCC(C)C)C3)CC2O)(c2cc[c-]cc2)c2ccccc2)cc1.[U]. The van der Waals surface area contributed by atoms with Crippen LogP contribution in [0.1, 0.15) is 148 Å². The summed E-state index contributed by atoms with van der Waals surface area (Å²) in [6.07, 6.45) is 18.0. The molecule has 2 amide bonds. The maximum absolute atomic E-state index is 13.4. The Kier molecular flexibility index (Phi) is 18.2. The largest absolute Gasteiger partial charge is 0.497 e. The van der Waals surface area contributed by atoms with Gasteiger partial charge in [0.1, 0.15) is 17.5 Å². The van der Waals surface area contributed by atoms with Crippen molar-refractivity contribution in [2.45, 2.75) is 149 Å². The van der Waals surface area contributed by atoms with E-state index >= 15 is 0 Å². The molecular weight excluding hydrogens is 1070 g/mol. The van der Waals surface area contributed by atoms with Crippen LogP contribution in [0.4, 0.5) is 4.79 Å². The first-order valence-corrected chi connectivity index (χ1v) is 26.3. The molecule has 0 bridgehead atoms. The van der Waals surface area contributed by atoms with Gasteiger partial charge >= 0.3 is 6.09 Å². The minimum absolute atomic E-state index is 0. The van der Waals surface area contributed by atoms with Gasteiger partial charge in [0.05, 0.1) is 19.8 Å². The van der Waals surface area contributed by atoms with Gasteiger partial charge in [-0.2, -0.15) is 30.3 Å². The first-order valence-electron chi connectivity index (χ1n) is 26.3. The number of hydrogen-bond acceptors (Lipinski definition) is 6. The number of methoxy groups -OCH3 is 1. The number of fused-ring (bicyclic) bond motifs is 5. The number of benzene rings is 3. The normalized spacial score (nSPS) is 29.9. The zero-order chi connectivity index (χ0) is 47.2. The van der Waals surface area contributed by atoms with Gasteiger partial charge in [-0.25, -0.2) is 4.79 Å². The van der Waals surface area contributed by atoms with Crippen LogP contribution in [0.5, 0.6) is 5.75 Å².